The molecule has 2 aromatic carbocycles. The highest BCUT2D eigenvalue weighted by atomic mass is 32.2. The molecule has 3 rings (SSSR count). The number of hydrogen-bond donors (Lipinski definition) is 1. The molecule has 1 unspecified atom stereocenters. The molecular weight excluding hydrogens is 280 g/mol. The third-order valence-corrected chi connectivity index (χ3v) is 5.11. The van der Waals surface area contributed by atoms with Gasteiger partial charge in [0.2, 0.25) is 4.88 Å². The first-order valence-electron chi connectivity index (χ1n) is 6.69. The minimum atomic E-state index is -0.500. The normalized spacial score (nSPS) is 11.5. The van der Waals surface area contributed by atoms with Crippen molar-refractivity contribution >= 4 is 10.7 Å². The third kappa shape index (κ3) is 2.55. The minimum Gasteiger partial charge on any atom is -0.497 e. The molecular formula is C17H17N2OS+. The third-order valence-electron chi connectivity index (χ3n) is 3.40. The fraction of sp³-hybridized carbons (Fsp3) is 0.118. The van der Waals surface area contributed by atoms with Crippen LogP contribution in [-0.2, 0) is 0 Å². The summed E-state index contributed by atoms with van der Waals surface area (Å²) >= 11 is 0. The lowest BCUT2D eigenvalue weighted by atomic mass is 10.2. The van der Waals surface area contributed by atoms with Crippen LogP contribution >= 0.6 is 10.7 Å². The summed E-state index contributed by atoms with van der Waals surface area (Å²) in [5, 5.41) is 7.40. The largest absolute Gasteiger partial charge is 0.497 e. The van der Waals surface area contributed by atoms with Gasteiger partial charge in [-0.2, -0.15) is 4.98 Å². The van der Waals surface area contributed by atoms with E-state index in [1.54, 1.807) is 7.11 Å². The Labute approximate surface area is 127 Å². The Morgan fingerprint density at radius 1 is 0.952 bits per heavy atom. The average Bonchev–Trinajstić information content (AvgIpc) is 2.83. The maximum absolute atomic E-state index is 6.46. The number of nitrogens with two attached hydrogens (primary N) is 1. The standard InChI is InChI=1S/C17H17N2OS/c1-12-16(13-6-4-3-5-7-13)21(18)17(19-12)14-8-10-15(20-2)11-9-14/h3-11H,18H2,1-2H3/q+1. The second kappa shape index (κ2) is 5.68. The van der Waals surface area contributed by atoms with Crippen LogP contribution < -0.4 is 9.88 Å². The quantitative estimate of drug-likeness (QED) is 0.737. The van der Waals surface area contributed by atoms with Crippen molar-refractivity contribution in [2.45, 2.75) is 6.92 Å². The van der Waals surface area contributed by atoms with Crippen molar-refractivity contribution in [3.05, 3.63) is 60.3 Å². The van der Waals surface area contributed by atoms with Crippen LogP contribution in [0.25, 0.3) is 21.0 Å². The molecule has 0 fully saturated rings. The fourth-order valence-electron chi connectivity index (χ4n) is 2.36. The van der Waals surface area contributed by atoms with E-state index in [1.807, 2.05) is 49.4 Å². The van der Waals surface area contributed by atoms with Crippen LogP contribution in [0.15, 0.2) is 54.6 Å². The first-order valence-corrected chi connectivity index (χ1v) is 7.97. The molecule has 1 heterocycles. The summed E-state index contributed by atoms with van der Waals surface area (Å²) in [6.45, 7) is 2.02. The van der Waals surface area contributed by atoms with Crippen molar-refractivity contribution in [2.75, 3.05) is 12.2 Å². The van der Waals surface area contributed by atoms with Gasteiger partial charge in [0.05, 0.1) is 12.7 Å². The van der Waals surface area contributed by atoms with Gasteiger partial charge in [-0.1, -0.05) is 18.2 Å². The molecule has 21 heavy (non-hydrogen) atoms. The lowest BCUT2D eigenvalue weighted by Gasteiger charge is -1.98. The summed E-state index contributed by atoms with van der Waals surface area (Å²) in [6.07, 6.45) is 0. The van der Waals surface area contributed by atoms with E-state index < -0.39 is 10.7 Å². The maximum atomic E-state index is 6.46. The van der Waals surface area contributed by atoms with Crippen LogP contribution in [-0.4, -0.2) is 12.1 Å². The topological polar surface area (TPSA) is 48.1 Å². The number of rotatable bonds is 3. The predicted octanol–water partition coefficient (Wildman–Crippen LogP) is 4.20. The Morgan fingerprint density at radius 2 is 1.62 bits per heavy atom. The molecule has 3 nitrogen and oxygen atoms in total. The Morgan fingerprint density at radius 3 is 2.24 bits per heavy atom. The van der Waals surface area contributed by atoms with Crippen LogP contribution in [0.2, 0.25) is 0 Å². The van der Waals surface area contributed by atoms with Gasteiger partial charge in [0.15, 0.2) is 0 Å². The minimum absolute atomic E-state index is 0.500. The number of hydrogen-bond acceptors (Lipinski definition) is 3. The summed E-state index contributed by atoms with van der Waals surface area (Å²) in [6, 6.07) is 18.1. The summed E-state index contributed by atoms with van der Waals surface area (Å²) in [4.78, 5) is 5.82. The molecule has 1 atom stereocenters. The monoisotopic (exact) mass is 297 g/mol. The summed E-state index contributed by atoms with van der Waals surface area (Å²) in [5.41, 5.74) is 3.19. The lowest BCUT2D eigenvalue weighted by molar-refractivity contribution is 0.415. The smallest absolute Gasteiger partial charge is 0.295 e. The fourth-order valence-corrected chi connectivity index (χ4v) is 3.93. The van der Waals surface area contributed by atoms with E-state index in [9.17, 15) is 0 Å². The van der Waals surface area contributed by atoms with Crippen LogP contribution in [0, 0.1) is 6.92 Å². The van der Waals surface area contributed by atoms with E-state index >= 15 is 0 Å². The van der Waals surface area contributed by atoms with E-state index in [0.29, 0.717) is 0 Å². The summed E-state index contributed by atoms with van der Waals surface area (Å²) in [7, 11) is 1.16. The van der Waals surface area contributed by atoms with Crippen molar-refractivity contribution in [1.29, 1.82) is 0 Å². The van der Waals surface area contributed by atoms with E-state index in [1.165, 1.54) is 0 Å². The van der Waals surface area contributed by atoms with Crippen molar-refractivity contribution in [1.82, 2.24) is 4.98 Å². The molecule has 0 aliphatic rings. The van der Waals surface area contributed by atoms with Crippen LogP contribution in [0.4, 0.5) is 0 Å². The van der Waals surface area contributed by atoms with Crippen LogP contribution in [0.1, 0.15) is 5.69 Å². The molecule has 0 aliphatic carbocycles. The van der Waals surface area contributed by atoms with Gasteiger partial charge >= 0.3 is 0 Å². The first kappa shape index (κ1) is 13.8. The number of aryl methyl sites for hydroxylation is 1. The zero-order valence-electron chi connectivity index (χ0n) is 12.0. The molecule has 0 aliphatic heterocycles. The van der Waals surface area contributed by atoms with Crippen molar-refractivity contribution in [2.24, 2.45) is 0 Å². The zero-order valence-corrected chi connectivity index (χ0v) is 12.9. The molecule has 4 heteroatoms. The van der Waals surface area contributed by atoms with Crippen LogP contribution in [0.5, 0.6) is 5.75 Å². The van der Waals surface area contributed by atoms with Crippen molar-refractivity contribution in [3.8, 4) is 26.8 Å². The number of nitrogens with zero attached hydrogens (tertiary/aromatic N) is 1. The van der Waals surface area contributed by atoms with Gasteiger partial charge < -0.3 is 4.74 Å². The Kier molecular flexibility index (Phi) is 3.73. The van der Waals surface area contributed by atoms with Gasteiger partial charge in [-0.3, -0.25) is 0 Å². The van der Waals surface area contributed by atoms with E-state index in [2.05, 4.69) is 12.1 Å². The summed E-state index contributed by atoms with van der Waals surface area (Å²) < 4.78 is 5.19. The molecule has 3 aromatic rings. The molecule has 0 saturated heterocycles. The SMILES string of the molecule is COc1ccc(-c2nc(C)c(-c3ccccc3)[s+]2N)cc1. The molecule has 0 bridgehead atoms. The number of aromatic nitrogens is 1. The summed E-state index contributed by atoms with van der Waals surface area (Å²) in [5.74, 6) is 0.835. The highest BCUT2D eigenvalue weighted by molar-refractivity contribution is 7.37. The molecule has 106 valence electrons. The second-order valence-corrected chi connectivity index (χ2v) is 6.23. The van der Waals surface area contributed by atoms with E-state index in [0.717, 1.165) is 32.5 Å². The number of benzene rings is 2. The number of thiazole rings is 1. The highest BCUT2D eigenvalue weighted by Crippen LogP contribution is 2.40. The number of ether oxygens (including phenoxy) is 1. The van der Waals surface area contributed by atoms with Gasteiger partial charge in [-0.05, 0) is 43.3 Å². The number of nitrogen functional groups attached to an aromatic ring is 1. The molecule has 1 aromatic heterocycles. The molecule has 2 N–H and O–H groups in total. The molecule has 0 spiro atoms. The molecule has 0 radical (unpaired) electrons. The van der Waals surface area contributed by atoms with E-state index in [-0.39, 0.29) is 0 Å². The number of methoxy groups -OCH3 is 1. The van der Waals surface area contributed by atoms with Crippen LogP contribution in [0.3, 0.4) is 0 Å². The Balaban J connectivity index is 2.09. The maximum Gasteiger partial charge on any atom is 0.295 e. The molecule has 0 saturated carbocycles. The van der Waals surface area contributed by atoms with Gasteiger partial charge in [-0.25, -0.2) is 0 Å². The first-order chi connectivity index (χ1) is 10.2. The van der Waals surface area contributed by atoms with Gasteiger partial charge in [-0.15, -0.1) is 5.14 Å². The van der Waals surface area contributed by atoms with Crippen molar-refractivity contribution < 1.29 is 4.74 Å². The van der Waals surface area contributed by atoms with Gasteiger partial charge in [0.1, 0.15) is 22.1 Å². The van der Waals surface area contributed by atoms with Crippen molar-refractivity contribution in [3.63, 3.8) is 0 Å². The molecule has 0 amide bonds. The lowest BCUT2D eigenvalue weighted by Crippen LogP contribution is -1.87. The second-order valence-electron chi connectivity index (χ2n) is 4.76. The highest BCUT2D eigenvalue weighted by Gasteiger charge is 2.26. The predicted molar refractivity (Wildman–Crippen MR) is 89.0 cm³/mol. The van der Waals surface area contributed by atoms with Gasteiger partial charge in [0.25, 0.3) is 5.01 Å². The average molecular weight is 297 g/mol. The zero-order chi connectivity index (χ0) is 14.8. The Hall–Kier alpha value is -2.17. The Bertz CT molecular complexity index is 748. The van der Waals surface area contributed by atoms with Gasteiger partial charge in [0, 0.05) is 5.56 Å². The van der Waals surface area contributed by atoms with E-state index in [4.69, 9.17) is 14.9 Å².